The van der Waals surface area contributed by atoms with Crippen LogP contribution in [0.1, 0.15) is 22.8 Å². The topological polar surface area (TPSA) is 83.1 Å². The number of hydrogen-bond acceptors (Lipinski definition) is 4. The fraction of sp³-hybridized carbons (Fsp3) is 0.0952. The van der Waals surface area contributed by atoms with Crippen LogP contribution in [0.25, 0.3) is 0 Å². The summed E-state index contributed by atoms with van der Waals surface area (Å²) in [5, 5.41) is 8.69. The van der Waals surface area contributed by atoms with Gasteiger partial charge in [-0.3, -0.25) is 9.59 Å². The number of benzene rings is 2. The second-order valence-corrected chi connectivity index (χ2v) is 6.14. The highest BCUT2D eigenvalue weighted by Gasteiger charge is 2.07. The first kappa shape index (κ1) is 18.1. The van der Waals surface area contributed by atoms with E-state index in [0.29, 0.717) is 22.8 Å². The Bertz CT molecular complexity index is 951. The molecule has 2 amide bonds. The standard InChI is InChI=1S/C21H20N4O2/c1-14-4-3-5-19(12-14)24-20-11-6-16(13-22-20)21(27)25-18-9-7-17(8-10-18)23-15(2)26/h3-13H,1-2H3,(H,22,24)(H,23,26)(H,25,27). The molecule has 0 aliphatic carbocycles. The molecule has 1 heterocycles. The molecule has 1 aromatic heterocycles. The predicted octanol–water partition coefficient (Wildman–Crippen LogP) is 4.34. The van der Waals surface area contributed by atoms with E-state index in [4.69, 9.17) is 0 Å². The monoisotopic (exact) mass is 360 g/mol. The number of nitrogens with zero attached hydrogens (tertiary/aromatic N) is 1. The fourth-order valence-electron chi connectivity index (χ4n) is 2.52. The number of carbonyl (C=O) groups is 2. The van der Waals surface area contributed by atoms with Crippen molar-refractivity contribution in [2.24, 2.45) is 0 Å². The number of carbonyl (C=O) groups excluding carboxylic acids is 2. The van der Waals surface area contributed by atoms with Crippen LogP contribution in [0.5, 0.6) is 0 Å². The summed E-state index contributed by atoms with van der Waals surface area (Å²) in [6.45, 7) is 3.47. The Labute approximate surface area is 157 Å². The highest BCUT2D eigenvalue weighted by atomic mass is 16.2. The molecule has 0 radical (unpaired) electrons. The Balaban J connectivity index is 1.62. The zero-order chi connectivity index (χ0) is 19.2. The van der Waals surface area contributed by atoms with Gasteiger partial charge in [0.15, 0.2) is 0 Å². The van der Waals surface area contributed by atoms with Crippen molar-refractivity contribution >= 4 is 34.7 Å². The SMILES string of the molecule is CC(=O)Nc1ccc(NC(=O)c2ccc(Nc3cccc(C)c3)nc2)cc1. The highest BCUT2D eigenvalue weighted by Crippen LogP contribution is 2.17. The molecular formula is C21H20N4O2. The molecule has 0 saturated carbocycles. The number of amides is 2. The Kier molecular flexibility index (Phi) is 5.47. The molecule has 3 aromatic rings. The number of pyridine rings is 1. The van der Waals surface area contributed by atoms with Crippen molar-refractivity contribution in [3.8, 4) is 0 Å². The fourth-order valence-corrected chi connectivity index (χ4v) is 2.52. The van der Waals surface area contributed by atoms with E-state index in [1.807, 2.05) is 31.2 Å². The van der Waals surface area contributed by atoms with Gasteiger partial charge in [-0.05, 0) is 61.0 Å². The first-order valence-electron chi connectivity index (χ1n) is 8.48. The van der Waals surface area contributed by atoms with Crippen LogP contribution in [-0.4, -0.2) is 16.8 Å². The minimum atomic E-state index is -0.253. The third-order valence-corrected chi connectivity index (χ3v) is 3.78. The second kappa shape index (κ2) is 8.14. The molecule has 27 heavy (non-hydrogen) atoms. The normalized spacial score (nSPS) is 10.1. The second-order valence-electron chi connectivity index (χ2n) is 6.14. The molecule has 6 nitrogen and oxygen atoms in total. The van der Waals surface area contributed by atoms with Gasteiger partial charge >= 0.3 is 0 Å². The molecule has 0 bridgehead atoms. The molecule has 0 aliphatic heterocycles. The largest absolute Gasteiger partial charge is 0.340 e. The van der Waals surface area contributed by atoms with Gasteiger partial charge in [0.25, 0.3) is 5.91 Å². The van der Waals surface area contributed by atoms with Crippen LogP contribution >= 0.6 is 0 Å². The van der Waals surface area contributed by atoms with Crippen LogP contribution in [0.3, 0.4) is 0 Å². The van der Waals surface area contributed by atoms with Crippen LogP contribution < -0.4 is 16.0 Å². The average Bonchev–Trinajstić information content (AvgIpc) is 2.63. The molecule has 0 aliphatic rings. The molecule has 0 spiro atoms. The van der Waals surface area contributed by atoms with Crippen LogP contribution in [0.4, 0.5) is 22.9 Å². The van der Waals surface area contributed by atoms with Gasteiger partial charge in [-0.15, -0.1) is 0 Å². The maximum atomic E-state index is 12.3. The molecule has 2 aromatic carbocycles. The van der Waals surface area contributed by atoms with Gasteiger partial charge in [0.05, 0.1) is 5.56 Å². The summed E-state index contributed by atoms with van der Waals surface area (Å²) < 4.78 is 0. The molecule has 6 heteroatoms. The third-order valence-electron chi connectivity index (χ3n) is 3.78. The lowest BCUT2D eigenvalue weighted by Crippen LogP contribution is -2.12. The van der Waals surface area contributed by atoms with Crippen LogP contribution in [0.2, 0.25) is 0 Å². The van der Waals surface area contributed by atoms with E-state index in [1.54, 1.807) is 36.4 Å². The van der Waals surface area contributed by atoms with Crippen molar-refractivity contribution < 1.29 is 9.59 Å². The minimum absolute atomic E-state index is 0.141. The molecule has 3 N–H and O–H groups in total. The Morgan fingerprint density at radius 1 is 0.852 bits per heavy atom. The van der Waals surface area contributed by atoms with E-state index in [-0.39, 0.29) is 11.8 Å². The smallest absolute Gasteiger partial charge is 0.257 e. The summed E-state index contributed by atoms with van der Waals surface area (Å²) in [6, 6.07) is 18.4. The number of anilines is 4. The van der Waals surface area contributed by atoms with E-state index in [0.717, 1.165) is 11.3 Å². The van der Waals surface area contributed by atoms with E-state index in [2.05, 4.69) is 20.9 Å². The summed E-state index contributed by atoms with van der Waals surface area (Å²) in [5.41, 5.74) is 3.86. The van der Waals surface area contributed by atoms with Gasteiger partial charge in [0, 0.05) is 30.2 Å². The molecule has 0 saturated heterocycles. The van der Waals surface area contributed by atoms with Crippen molar-refractivity contribution in [3.63, 3.8) is 0 Å². The van der Waals surface area contributed by atoms with E-state index >= 15 is 0 Å². The Morgan fingerprint density at radius 2 is 1.56 bits per heavy atom. The van der Waals surface area contributed by atoms with Crippen molar-refractivity contribution in [2.75, 3.05) is 16.0 Å². The molecule has 0 fully saturated rings. The zero-order valence-electron chi connectivity index (χ0n) is 15.1. The lowest BCUT2D eigenvalue weighted by molar-refractivity contribution is -0.114. The lowest BCUT2D eigenvalue weighted by atomic mass is 10.2. The van der Waals surface area contributed by atoms with Crippen LogP contribution in [0, 0.1) is 6.92 Å². The van der Waals surface area contributed by atoms with E-state index < -0.39 is 0 Å². The van der Waals surface area contributed by atoms with Gasteiger partial charge < -0.3 is 16.0 Å². The maximum Gasteiger partial charge on any atom is 0.257 e. The molecule has 0 atom stereocenters. The van der Waals surface area contributed by atoms with Crippen LogP contribution in [-0.2, 0) is 4.79 Å². The summed E-state index contributed by atoms with van der Waals surface area (Å²) in [4.78, 5) is 27.7. The first-order chi connectivity index (χ1) is 13.0. The van der Waals surface area contributed by atoms with Gasteiger partial charge in [-0.2, -0.15) is 0 Å². The van der Waals surface area contributed by atoms with Crippen molar-refractivity contribution in [1.29, 1.82) is 0 Å². The van der Waals surface area contributed by atoms with E-state index in [9.17, 15) is 9.59 Å². The van der Waals surface area contributed by atoms with Crippen molar-refractivity contribution in [3.05, 3.63) is 78.0 Å². The number of hydrogen-bond donors (Lipinski definition) is 3. The maximum absolute atomic E-state index is 12.3. The summed E-state index contributed by atoms with van der Waals surface area (Å²) in [6.07, 6.45) is 1.53. The van der Waals surface area contributed by atoms with Gasteiger partial charge in [0.1, 0.15) is 5.82 Å². The van der Waals surface area contributed by atoms with Crippen molar-refractivity contribution in [2.45, 2.75) is 13.8 Å². The minimum Gasteiger partial charge on any atom is -0.340 e. The molecule has 136 valence electrons. The number of nitrogens with one attached hydrogen (secondary N) is 3. The number of rotatable bonds is 5. The molecule has 3 rings (SSSR count). The lowest BCUT2D eigenvalue weighted by Gasteiger charge is -2.09. The number of aromatic nitrogens is 1. The Hall–Kier alpha value is -3.67. The summed E-state index contributed by atoms with van der Waals surface area (Å²) in [7, 11) is 0. The average molecular weight is 360 g/mol. The van der Waals surface area contributed by atoms with Gasteiger partial charge in [-0.1, -0.05) is 12.1 Å². The highest BCUT2D eigenvalue weighted by molar-refractivity contribution is 6.04. The molecular weight excluding hydrogens is 340 g/mol. The molecule has 0 unspecified atom stereocenters. The summed E-state index contributed by atoms with van der Waals surface area (Å²) >= 11 is 0. The quantitative estimate of drug-likeness (QED) is 0.632. The van der Waals surface area contributed by atoms with Gasteiger partial charge in [0.2, 0.25) is 5.91 Å². The predicted molar refractivity (Wildman–Crippen MR) is 107 cm³/mol. The zero-order valence-corrected chi connectivity index (χ0v) is 15.1. The number of aryl methyl sites for hydroxylation is 1. The first-order valence-corrected chi connectivity index (χ1v) is 8.48. The van der Waals surface area contributed by atoms with Crippen LogP contribution in [0.15, 0.2) is 66.9 Å². The van der Waals surface area contributed by atoms with Gasteiger partial charge in [-0.25, -0.2) is 4.98 Å². The van der Waals surface area contributed by atoms with Crippen molar-refractivity contribution in [1.82, 2.24) is 4.98 Å². The Morgan fingerprint density at radius 3 is 2.15 bits per heavy atom. The third kappa shape index (κ3) is 5.15. The summed E-state index contributed by atoms with van der Waals surface area (Å²) in [5.74, 6) is 0.269. The van der Waals surface area contributed by atoms with E-state index in [1.165, 1.54) is 13.1 Å².